The number of nitrogens with one attached hydrogen (secondary N) is 3. The van der Waals surface area contributed by atoms with Crippen molar-refractivity contribution >= 4 is 17.8 Å². The summed E-state index contributed by atoms with van der Waals surface area (Å²) in [7, 11) is 0. The molecule has 1 saturated heterocycles. The number of carbonyl (C=O) groups excluding carboxylic acids is 3. The average molecular weight is 362 g/mol. The highest BCUT2D eigenvalue weighted by Gasteiger charge is 2.25. The minimum Gasteiger partial charge on any atom is -0.349 e. The van der Waals surface area contributed by atoms with Crippen LogP contribution in [0.5, 0.6) is 0 Å². The van der Waals surface area contributed by atoms with E-state index < -0.39 is 6.03 Å². The number of hydrogen-bond acceptors (Lipinski definition) is 4. The van der Waals surface area contributed by atoms with E-state index in [2.05, 4.69) is 16.0 Å². The van der Waals surface area contributed by atoms with Crippen LogP contribution in [0.2, 0.25) is 0 Å². The fraction of sp³-hybridized carbons (Fsp3) is 0.500. The van der Waals surface area contributed by atoms with E-state index in [4.69, 9.17) is 0 Å². The van der Waals surface area contributed by atoms with Crippen molar-refractivity contribution in [1.29, 1.82) is 0 Å². The molecule has 1 aliphatic carbocycles. The lowest BCUT2D eigenvalue weighted by molar-refractivity contribution is -0.121. The van der Waals surface area contributed by atoms with Crippen molar-refractivity contribution in [2.45, 2.75) is 37.8 Å². The monoisotopic (exact) mass is 362 g/mol. The number of nitrogens with zero attached hydrogens (tertiary/aromatic N) is 1. The van der Waals surface area contributed by atoms with Gasteiger partial charge in [0.05, 0.1) is 6.54 Å². The molecular formula is C18H23FN4O3. The third-order valence-electron chi connectivity index (χ3n) is 4.56. The van der Waals surface area contributed by atoms with Gasteiger partial charge in [-0.15, -0.1) is 0 Å². The lowest BCUT2D eigenvalue weighted by Crippen LogP contribution is -2.49. The molecule has 3 rings (SSSR count). The van der Waals surface area contributed by atoms with Crippen LogP contribution in [0.25, 0.3) is 0 Å². The maximum Gasteiger partial charge on any atom is 0.321 e. The summed E-state index contributed by atoms with van der Waals surface area (Å²) < 4.78 is 12.9. The minimum atomic E-state index is -0.432. The fourth-order valence-corrected chi connectivity index (χ4v) is 2.92. The Morgan fingerprint density at radius 2 is 1.58 bits per heavy atom. The molecule has 4 amide bonds. The molecule has 1 heterocycles. The maximum atomic E-state index is 12.9. The van der Waals surface area contributed by atoms with Crippen LogP contribution in [0.1, 0.15) is 36.0 Å². The quantitative estimate of drug-likeness (QED) is 0.729. The third-order valence-corrected chi connectivity index (χ3v) is 4.56. The van der Waals surface area contributed by atoms with Gasteiger partial charge in [0, 0.05) is 30.7 Å². The SMILES string of the molecule is O=C(CN1CCC(NC(=O)c2ccc(F)cc2)CC1)NC(=O)NC1CC1. The molecule has 1 aliphatic heterocycles. The summed E-state index contributed by atoms with van der Waals surface area (Å²) in [5, 5.41) is 7.98. The second-order valence-electron chi connectivity index (χ2n) is 6.83. The molecule has 1 saturated carbocycles. The number of urea groups is 1. The highest BCUT2D eigenvalue weighted by Crippen LogP contribution is 2.18. The number of piperidine rings is 1. The Morgan fingerprint density at radius 3 is 2.19 bits per heavy atom. The topological polar surface area (TPSA) is 90.5 Å². The Kier molecular flexibility index (Phi) is 5.82. The van der Waals surface area contributed by atoms with Gasteiger partial charge in [0.15, 0.2) is 0 Å². The molecule has 1 aromatic rings. The molecule has 0 radical (unpaired) electrons. The number of benzene rings is 1. The first-order chi connectivity index (χ1) is 12.5. The number of imide groups is 1. The molecule has 140 valence electrons. The second kappa shape index (κ2) is 8.27. The third kappa shape index (κ3) is 5.52. The molecule has 2 fully saturated rings. The second-order valence-corrected chi connectivity index (χ2v) is 6.83. The summed E-state index contributed by atoms with van der Waals surface area (Å²) in [6.45, 7) is 1.48. The van der Waals surface area contributed by atoms with Gasteiger partial charge in [-0.05, 0) is 49.9 Å². The summed E-state index contributed by atoms with van der Waals surface area (Å²) in [4.78, 5) is 37.5. The number of hydrogen-bond donors (Lipinski definition) is 3. The zero-order valence-corrected chi connectivity index (χ0v) is 14.5. The number of carbonyl (C=O) groups is 3. The number of amides is 4. The molecule has 0 atom stereocenters. The van der Waals surface area contributed by atoms with Gasteiger partial charge in [0.1, 0.15) is 5.82 Å². The van der Waals surface area contributed by atoms with Crippen LogP contribution in [-0.2, 0) is 4.79 Å². The molecule has 0 unspecified atom stereocenters. The lowest BCUT2D eigenvalue weighted by atomic mass is 10.0. The van der Waals surface area contributed by atoms with E-state index in [0.29, 0.717) is 31.5 Å². The Hall–Kier alpha value is -2.48. The Balaban J connectivity index is 1.36. The first-order valence-corrected chi connectivity index (χ1v) is 8.89. The summed E-state index contributed by atoms with van der Waals surface area (Å²) in [6.07, 6.45) is 3.38. The predicted octanol–water partition coefficient (Wildman–Crippen LogP) is 1.01. The van der Waals surface area contributed by atoms with Gasteiger partial charge >= 0.3 is 6.03 Å². The smallest absolute Gasteiger partial charge is 0.321 e. The first-order valence-electron chi connectivity index (χ1n) is 8.89. The first kappa shape index (κ1) is 18.3. The van der Waals surface area contributed by atoms with E-state index in [1.165, 1.54) is 24.3 Å². The van der Waals surface area contributed by atoms with Crippen LogP contribution in [0, 0.1) is 5.82 Å². The summed E-state index contributed by atoms with van der Waals surface area (Å²) in [5.41, 5.74) is 0.426. The Labute approximate surface area is 151 Å². The summed E-state index contributed by atoms with van der Waals surface area (Å²) in [6, 6.07) is 5.23. The zero-order chi connectivity index (χ0) is 18.5. The molecular weight excluding hydrogens is 339 g/mol. The van der Waals surface area contributed by atoms with Crippen LogP contribution in [-0.4, -0.2) is 54.5 Å². The highest BCUT2D eigenvalue weighted by atomic mass is 19.1. The van der Waals surface area contributed by atoms with Gasteiger partial charge in [0.2, 0.25) is 5.91 Å². The van der Waals surface area contributed by atoms with E-state index in [1.807, 2.05) is 4.90 Å². The minimum absolute atomic E-state index is 0.0185. The van der Waals surface area contributed by atoms with E-state index in [-0.39, 0.29) is 36.3 Å². The fourth-order valence-electron chi connectivity index (χ4n) is 2.92. The molecule has 1 aromatic carbocycles. The van der Waals surface area contributed by atoms with Crippen LogP contribution < -0.4 is 16.0 Å². The Bertz CT molecular complexity index is 668. The molecule has 26 heavy (non-hydrogen) atoms. The van der Waals surface area contributed by atoms with Crippen molar-refractivity contribution in [2.24, 2.45) is 0 Å². The van der Waals surface area contributed by atoms with E-state index in [1.54, 1.807) is 0 Å². The molecule has 3 N–H and O–H groups in total. The van der Waals surface area contributed by atoms with Crippen LogP contribution in [0.15, 0.2) is 24.3 Å². The normalized spacial score (nSPS) is 18.2. The molecule has 0 spiro atoms. The van der Waals surface area contributed by atoms with Crippen molar-refractivity contribution in [3.63, 3.8) is 0 Å². The largest absolute Gasteiger partial charge is 0.349 e. The van der Waals surface area contributed by atoms with Crippen molar-refractivity contribution in [1.82, 2.24) is 20.9 Å². The van der Waals surface area contributed by atoms with Gasteiger partial charge < -0.3 is 10.6 Å². The lowest BCUT2D eigenvalue weighted by Gasteiger charge is -2.31. The van der Waals surface area contributed by atoms with Gasteiger partial charge in [-0.25, -0.2) is 9.18 Å². The van der Waals surface area contributed by atoms with Crippen molar-refractivity contribution in [3.05, 3.63) is 35.6 Å². The maximum absolute atomic E-state index is 12.9. The van der Waals surface area contributed by atoms with Crippen LogP contribution in [0.4, 0.5) is 9.18 Å². The average Bonchev–Trinajstić information content (AvgIpc) is 3.41. The van der Waals surface area contributed by atoms with E-state index >= 15 is 0 Å². The van der Waals surface area contributed by atoms with Crippen molar-refractivity contribution in [2.75, 3.05) is 19.6 Å². The number of rotatable bonds is 5. The molecule has 8 heteroatoms. The summed E-state index contributed by atoms with van der Waals surface area (Å²) >= 11 is 0. The standard InChI is InChI=1S/C18H23FN4O3/c19-13-3-1-12(2-4-13)17(25)20-15-7-9-23(10-8-15)11-16(24)22-18(26)21-14-5-6-14/h1-4,14-15H,5-11H2,(H,20,25)(H2,21,22,24,26). The summed E-state index contributed by atoms with van der Waals surface area (Å²) in [5.74, 6) is -0.922. The molecule has 7 nitrogen and oxygen atoms in total. The van der Waals surface area contributed by atoms with Gasteiger partial charge in [-0.2, -0.15) is 0 Å². The van der Waals surface area contributed by atoms with Gasteiger partial charge in [-0.1, -0.05) is 0 Å². The highest BCUT2D eigenvalue weighted by molar-refractivity contribution is 5.95. The zero-order valence-electron chi connectivity index (χ0n) is 14.5. The van der Waals surface area contributed by atoms with Gasteiger partial charge in [0.25, 0.3) is 5.91 Å². The number of likely N-dealkylation sites (tertiary alicyclic amines) is 1. The molecule has 0 aromatic heterocycles. The van der Waals surface area contributed by atoms with Gasteiger partial charge in [-0.3, -0.25) is 19.8 Å². The van der Waals surface area contributed by atoms with Crippen LogP contribution >= 0.6 is 0 Å². The molecule has 2 aliphatic rings. The van der Waals surface area contributed by atoms with E-state index in [9.17, 15) is 18.8 Å². The Morgan fingerprint density at radius 1 is 0.962 bits per heavy atom. The van der Waals surface area contributed by atoms with Crippen LogP contribution in [0.3, 0.4) is 0 Å². The van der Waals surface area contributed by atoms with Crippen molar-refractivity contribution in [3.8, 4) is 0 Å². The molecule has 0 bridgehead atoms. The van der Waals surface area contributed by atoms with E-state index in [0.717, 1.165) is 12.8 Å². The van der Waals surface area contributed by atoms with Crippen molar-refractivity contribution < 1.29 is 18.8 Å². The predicted molar refractivity (Wildman–Crippen MR) is 93.0 cm³/mol. The number of halogens is 1.